The Morgan fingerprint density at radius 1 is 1.27 bits per heavy atom. The van der Waals surface area contributed by atoms with Crippen molar-refractivity contribution in [1.82, 2.24) is 14.9 Å². The predicted octanol–water partition coefficient (Wildman–Crippen LogP) is 4.35. The monoisotopic (exact) mass is 413 g/mol. The van der Waals surface area contributed by atoms with E-state index in [1.165, 1.54) is 0 Å². The van der Waals surface area contributed by atoms with Crippen LogP contribution in [0.3, 0.4) is 0 Å². The third-order valence-corrected chi connectivity index (χ3v) is 4.26. The third-order valence-electron chi connectivity index (χ3n) is 3.76. The maximum absolute atomic E-state index is 12.7. The number of carbonyl (C=O) groups is 1. The van der Waals surface area contributed by atoms with Crippen LogP contribution in [0.5, 0.6) is 5.75 Å². The van der Waals surface area contributed by atoms with Crippen LogP contribution in [0.1, 0.15) is 29.8 Å². The first-order valence-electron chi connectivity index (χ1n) is 8.35. The van der Waals surface area contributed by atoms with Gasteiger partial charge in [-0.05, 0) is 43.7 Å². The summed E-state index contributed by atoms with van der Waals surface area (Å²) in [6.07, 6.45) is 5.33. The Morgan fingerprint density at radius 3 is 2.81 bits per heavy atom. The third kappa shape index (κ3) is 4.32. The largest absolute Gasteiger partial charge is 0.490 e. The molecule has 1 N–H and O–H groups in total. The van der Waals surface area contributed by atoms with Gasteiger partial charge in [0.15, 0.2) is 0 Å². The van der Waals surface area contributed by atoms with E-state index in [1.807, 2.05) is 61.0 Å². The lowest BCUT2D eigenvalue weighted by Gasteiger charge is -2.15. The Hall–Kier alpha value is -2.60. The first-order chi connectivity index (χ1) is 12.5. The molecule has 0 bridgehead atoms. The second-order valence-electron chi connectivity index (χ2n) is 6.09. The Balaban J connectivity index is 1.78. The van der Waals surface area contributed by atoms with Gasteiger partial charge in [0, 0.05) is 23.4 Å². The van der Waals surface area contributed by atoms with Gasteiger partial charge in [-0.25, -0.2) is 4.98 Å². The van der Waals surface area contributed by atoms with Gasteiger partial charge in [0.1, 0.15) is 5.75 Å². The van der Waals surface area contributed by atoms with E-state index in [-0.39, 0.29) is 12.0 Å². The molecule has 3 aromatic rings. The molecule has 0 saturated heterocycles. The minimum absolute atomic E-state index is 0.0159. The molecule has 0 spiro atoms. The van der Waals surface area contributed by atoms with Gasteiger partial charge >= 0.3 is 0 Å². The van der Waals surface area contributed by atoms with Gasteiger partial charge in [0.2, 0.25) is 0 Å². The second kappa shape index (κ2) is 8.19. The van der Waals surface area contributed by atoms with Crippen LogP contribution in [0, 0.1) is 0 Å². The van der Waals surface area contributed by atoms with Crippen molar-refractivity contribution in [2.24, 2.45) is 0 Å². The molecule has 0 aliphatic carbocycles. The van der Waals surface area contributed by atoms with E-state index in [9.17, 15) is 4.79 Å². The van der Waals surface area contributed by atoms with Crippen LogP contribution >= 0.6 is 15.9 Å². The number of hydrogen-bond donors (Lipinski definition) is 1. The number of carbonyl (C=O) groups excluding carboxylic acids is 1. The summed E-state index contributed by atoms with van der Waals surface area (Å²) >= 11 is 3.42. The van der Waals surface area contributed by atoms with Gasteiger partial charge in [-0.1, -0.05) is 34.1 Å². The average molecular weight is 414 g/mol. The molecule has 0 radical (unpaired) electrons. The lowest BCUT2D eigenvalue weighted by atomic mass is 10.1. The van der Waals surface area contributed by atoms with Crippen molar-refractivity contribution in [2.75, 3.05) is 0 Å². The lowest BCUT2D eigenvalue weighted by molar-refractivity contribution is 0.0945. The fourth-order valence-electron chi connectivity index (χ4n) is 2.62. The van der Waals surface area contributed by atoms with Crippen LogP contribution in [-0.2, 0) is 6.54 Å². The molecule has 0 aliphatic heterocycles. The van der Waals surface area contributed by atoms with Gasteiger partial charge in [-0.2, -0.15) is 0 Å². The minimum Gasteiger partial charge on any atom is -0.490 e. The van der Waals surface area contributed by atoms with E-state index in [0.29, 0.717) is 17.9 Å². The van der Waals surface area contributed by atoms with Crippen LogP contribution in [0.25, 0.3) is 5.69 Å². The van der Waals surface area contributed by atoms with Crippen LogP contribution in [0.2, 0.25) is 0 Å². The molecule has 134 valence electrons. The molecule has 1 aromatic heterocycles. The first-order valence-corrected chi connectivity index (χ1v) is 9.14. The van der Waals surface area contributed by atoms with Crippen LogP contribution in [0.4, 0.5) is 0 Å². The number of benzene rings is 2. The molecule has 0 saturated carbocycles. The topological polar surface area (TPSA) is 56.1 Å². The summed E-state index contributed by atoms with van der Waals surface area (Å²) in [4.78, 5) is 16.8. The SMILES string of the molecule is CC(C)Oc1cc(Br)ccc1C(=O)NCc1ccccc1-n1ccnc1. The standard InChI is InChI=1S/C20H20BrN3O2/c1-14(2)26-19-11-16(21)7-8-17(19)20(25)23-12-15-5-3-4-6-18(15)24-10-9-22-13-24/h3-11,13-14H,12H2,1-2H3,(H,23,25). The summed E-state index contributed by atoms with van der Waals surface area (Å²) in [5.74, 6) is 0.392. The number of hydrogen-bond acceptors (Lipinski definition) is 3. The van der Waals surface area contributed by atoms with Crippen molar-refractivity contribution in [3.63, 3.8) is 0 Å². The van der Waals surface area contributed by atoms with Crippen molar-refractivity contribution in [3.05, 3.63) is 76.8 Å². The number of para-hydroxylation sites is 1. The first kappa shape index (κ1) is 18.2. The highest BCUT2D eigenvalue weighted by atomic mass is 79.9. The normalized spacial score (nSPS) is 10.8. The zero-order chi connectivity index (χ0) is 18.5. The van der Waals surface area contributed by atoms with Crippen molar-refractivity contribution in [2.45, 2.75) is 26.5 Å². The van der Waals surface area contributed by atoms with Crippen LogP contribution < -0.4 is 10.1 Å². The van der Waals surface area contributed by atoms with Gasteiger partial charge in [0.25, 0.3) is 5.91 Å². The average Bonchev–Trinajstić information content (AvgIpc) is 3.14. The fraction of sp³-hybridized carbons (Fsp3) is 0.200. The summed E-state index contributed by atoms with van der Waals surface area (Å²) in [6.45, 7) is 4.28. The maximum Gasteiger partial charge on any atom is 0.255 e. The van der Waals surface area contributed by atoms with E-state index in [2.05, 4.69) is 26.2 Å². The smallest absolute Gasteiger partial charge is 0.255 e. The number of amides is 1. The number of aromatic nitrogens is 2. The quantitative estimate of drug-likeness (QED) is 0.653. The van der Waals surface area contributed by atoms with Crippen molar-refractivity contribution < 1.29 is 9.53 Å². The molecule has 0 aliphatic rings. The Labute approximate surface area is 161 Å². The zero-order valence-electron chi connectivity index (χ0n) is 14.6. The molecule has 1 amide bonds. The van der Waals surface area contributed by atoms with Crippen LogP contribution in [-0.4, -0.2) is 21.6 Å². The predicted molar refractivity (Wildman–Crippen MR) is 105 cm³/mol. The number of nitrogens with one attached hydrogen (secondary N) is 1. The highest BCUT2D eigenvalue weighted by Gasteiger charge is 2.15. The summed E-state index contributed by atoms with van der Waals surface area (Å²) in [5.41, 5.74) is 2.50. The van der Waals surface area contributed by atoms with Crippen molar-refractivity contribution >= 4 is 21.8 Å². The molecule has 0 unspecified atom stereocenters. The Bertz CT molecular complexity index is 892. The Kier molecular flexibility index (Phi) is 5.73. The molecular formula is C20H20BrN3O2. The van der Waals surface area contributed by atoms with E-state index in [0.717, 1.165) is 15.7 Å². The van der Waals surface area contributed by atoms with Crippen LogP contribution in [0.15, 0.2) is 65.7 Å². The maximum atomic E-state index is 12.7. The zero-order valence-corrected chi connectivity index (χ0v) is 16.2. The lowest BCUT2D eigenvalue weighted by Crippen LogP contribution is -2.24. The summed E-state index contributed by atoms with van der Waals surface area (Å²) in [7, 11) is 0. The van der Waals surface area contributed by atoms with E-state index in [4.69, 9.17) is 4.74 Å². The summed E-state index contributed by atoms with van der Waals surface area (Å²) in [5, 5.41) is 2.98. The minimum atomic E-state index is -0.173. The molecule has 6 heteroatoms. The van der Waals surface area contributed by atoms with Gasteiger partial charge in [-0.15, -0.1) is 0 Å². The number of ether oxygens (including phenoxy) is 1. The van der Waals surface area contributed by atoms with E-state index >= 15 is 0 Å². The molecular weight excluding hydrogens is 394 g/mol. The second-order valence-corrected chi connectivity index (χ2v) is 7.00. The molecule has 3 rings (SSSR count). The number of nitrogens with zero attached hydrogens (tertiary/aromatic N) is 2. The highest BCUT2D eigenvalue weighted by Crippen LogP contribution is 2.25. The molecule has 1 heterocycles. The summed E-state index contributed by atoms with van der Waals surface area (Å²) in [6, 6.07) is 13.3. The Morgan fingerprint density at radius 2 is 2.08 bits per heavy atom. The molecule has 2 aromatic carbocycles. The van der Waals surface area contributed by atoms with Crippen molar-refractivity contribution in [1.29, 1.82) is 0 Å². The fourth-order valence-corrected chi connectivity index (χ4v) is 2.96. The molecule has 0 atom stereocenters. The summed E-state index contributed by atoms with van der Waals surface area (Å²) < 4.78 is 8.57. The van der Waals surface area contributed by atoms with E-state index < -0.39 is 0 Å². The molecule has 5 nitrogen and oxygen atoms in total. The van der Waals surface area contributed by atoms with Crippen molar-refractivity contribution in [3.8, 4) is 11.4 Å². The van der Waals surface area contributed by atoms with Gasteiger partial charge < -0.3 is 14.6 Å². The van der Waals surface area contributed by atoms with Gasteiger partial charge in [0.05, 0.1) is 23.7 Å². The molecule has 0 fully saturated rings. The highest BCUT2D eigenvalue weighted by molar-refractivity contribution is 9.10. The van der Waals surface area contributed by atoms with E-state index in [1.54, 1.807) is 18.6 Å². The molecule has 26 heavy (non-hydrogen) atoms. The number of rotatable bonds is 6. The van der Waals surface area contributed by atoms with Gasteiger partial charge in [-0.3, -0.25) is 4.79 Å². The number of imidazole rings is 1. The number of halogens is 1.